The van der Waals surface area contributed by atoms with E-state index in [1.165, 1.54) is 0 Å². The van der Waals surface area contributed by atoms with Crippen LogP contribution < -0.4 is 10.6 Å². The molecule has 4 nitrogen and oxygen atoms in total. The van der Waals surface area contributed by atoms with E-state index in [0.29, 0.717) is 5.69 Å². The van der Waals surface area contributed by atoms with Crippen LogP contribution >= 0.6 is 0 Å². The van der Waals surface area contributed by atoms with E-state index in [4.69, 9.17) is 0 Å². The summed E-state index contributed by atoms with van der Waals surface area (Å²) in [6, 6.07) is 4.04. The fourth-order valence-electron chi connectivity index (χ4n) is 1.94. The number of carbonyl (C=O) groups excluding carboxylic acids is 1. The lowest BCUT2D eigenvalue weighted by Crippen LogP contribution is -2.43. The third-order valence-electron chi connectivity index (χ3n) is 2.90. The lowest BCUT2D eigenvalue weighted by Gasteiger charge is -2.23. The molecule has 0 atom stereocenters. The number of aryl methyl sites for hydroxylation is 1. The number of aromatic nitrogens is 1. The third kappa shape index (κ3) is 2.58. The molecule has 1 aliphatic rings. The minimum atomic E-state index is -0.0509. The summed E-state index contributed by atoms with van der Waals surface area (Å²) in [6.45, 7) is 3.86. The predicted octanol–water partition coefficient (Wildman–Crippen LogP) is 0.872. The molecule has 86 valence electrons. The maximum atomic E-state index is 11.9. The van der Waals surface area contributed by atoms with Crippen LogP contribution in [0.2, 0.25) is 0 Å². The zero-order chi connectivity index (χ0) is 11.4. The van der Waals surface area contributed by atoms with E-state index < -0.39 is 0 Å². The molecule has 2 N–H and O–H groups in total. The van der Waals surface area contributed by atoms with E-state index in [1.807, 2.05) is 19.1 Å². The fourth-order valence-corrected chi connectivity index (χ4v) is 1.94. The van der Waals surface area contributed by atoms with Crippen molar-refractivity contribution < 1.29 is 4.79 Å². The van der Waals surface area contributed by atoms with Crippen LogP contribution in [0.1, 0.15) is 28.9 Å². The summed E-state index contributed by atoms with van der Waals surface area (Å²) in [6.07, 6.45) is 3.65. The first-order valence-electron chi connectivity index (χ1n) is 5.70. The Hall–Kier alpha value is -1.42. The Morgan fingerprint density at radius 2 is 2.25 bits per heavy atom. The molecule has 4 heteroatoms. The van der Waals surface area contributed by atoms with Gasteiger partial charge < -0.3 is 10.6 Å². The van der Waals surface area contributed by atoms with Crippen molar-refractivity contribution in [2.75, 3.05) is 13.1 Å². The summed E-state index contributed by atoms with van der Waals surface area (Å²) in [4.78, 5) is 16.1. The van der Waals surface area contributed by atoms with Gasteiger partial charge in [-0.1, -0.05) is 6.07 Å². The zero-order valence-electron chi connectivity index (χ0n) is 9.49. The van der Waals surface area contributed by atoms with Gasteiger partial charge in [0.1, 0.15) is 5.69 Å². The Kier molecular flexibility index (Phi) is 3.51. The van der Waals surface area contributed by atoms with Gasteiger partial charge in [0.2, 0.25) is 0 Å². The van der Waals surface area contributed by atoms with Gasteiger partial charge in [-0.25, -0.2) is 0 Å². The number of pyridine rings is 1. The van der Waals surface area contributed by atoms with Gasteiger partial charge >= 0.3 is 0 Å². The van der Waals surface area contributed by atoms with Crippen molar-refractivity contribution in [1.29, 1.82) is 0 Å². The molecule has 0 saturated carbocycles. The highest BCUT2D eigenvalue weighted by Gasteiger charge is 2.17. The van der Waals surface area contributed by atoms with Gasteiger partial charge in [0.25, 0.3) is 5.91 Å². The third-order valence-corrected chi connectivity index (χ3v) is 2.90. The maximum absolute atomic E-state index is 11.9. The lowest BCUT2D eigenvalue weighted by atomic mass is 10.1. The molecule has 16 heavy (non-hydrogen) atoms. The second kappa shape index (κ2) is 5.07. The Morgan fingerprint density at radius 3 is 2.94 bits per heavy atom. The number of carbonyl (C=O) groups is 1. The molecule has 1 aromatic rings. The van der Waals surface area contributed by atoms with Crippen molar-refractivity contribution in [1.82, 2.24) is 15.6 Å². The molecule has 1 fully saturated rings. The molecule has 1 aromatic heterocycles. The number of rotatable bonds is 2. The molecule has 0 radical (unpaired) electrons. The van der Waals surface area contributed by atoms with E-state index in [1.54, 1.807) is 6.20 Å². The standard InChI is InChI=1S/C12H17N3O/c1-9-3-2-6-14-11(9)12(16)15-10-4-7-13-8-5-10/h2-3,6,10,13H,4-5,7-8H2,1H3,(H,15,16). The van der Waals surface area contributed by atoms with Crippen LogP contribution in [0.5, 0.6) is 0 Å². The second-order valence-electron chi connectivity index (χ2n) is 4.17. The molecule has 0 bridgehead atoms. The van der Waals surface area contributed by atoms with Crippen LogP contribution in [-0.2, 0) is 0 Å². The van der Waals surface area contributed by atoms with E-state index in [9.17, 15) is 4.79 Å². The first kappa shape index (κ1) is 11.1. The average molecular weight is 219 g/mol. The quantitative estimate of drug-likeness (QED) is 0.776. The number of piperidine rings is 1. The van der Waals surface area contributed by atoms with Gasteiger partial charge in [-0.15, -0.1) is 0 Å². The largest absolute Gasteiger partial charge is 0.348 e. The number of nitrogens with one attached hydrogen (secondary N) is 2. The Bertz CT molecular complexity index is 372. The van der Waals surface area contributed by atoms with Crippen LogP contribution in [0.25, 0.3) is 0 Å². The van der Waals surface area contributed by atoms with Crippen LogP contribution in [0.4, 0.5) is 0 Å². The summed E-state index contributed by atoms with van der Waals surface area (Å²) in [5, 5.41) is 6.31. The lowest BCUT2D eigenvalue weighted by molar-refractivity contribution is 0.0924. The molecular weight excluding hydrogens is 202 g/mol. The molecular formula is C12H17N3O. The normalized spacial score (nSPS) is 17.1. The molecule has 0 aliphatic carbocycles. The molecule has 1 saturated heterocycles. The van der Waals surface area contributed by atoms with Crippen molar-refractivity contribution in [3.05, 3.63) is 29.6 Å². The molecule has 2 rings (SSSR count). The number of amides is 1. The number of hydrogen-bond acceptors (Lipinski definition) is 3. The van der Waals surface area contributed by atoms with Gasteiger partial charge in [0, 0.05) is 12.2 Å². The van der Waals surface area contributed by atoms with Crippen molar-refractivity contribution in [3.63, 3.8) is 0 Å². The summed E-state index contributed by atoms with van der Waals surface area (Å²) >= 11 is 0. The van der Waals surface area contributed by atoms with Gasteiger partial charge in [0.15, 0.2) is 0 Å². The van der Waals surface area contributed by atoms with Crippen molar-refractivity contribution in [2.24, 2.45) is 0 Å². The first-order chi connectivity index (χ1) is 7.77. The Morgan fingerprint density at radius 1 is 1.50 bits per heavy atom. The van der Waals surface area contributed by atoms with Crippen LogP contribution in [0, 0.1) is 6.92 Å². The summed E-state index contributed by atoms with van der Waals surface area (Å²) in [7, 11) is 0. The van der Waals surface area contributed by atoms with Gasteiger partial charge in [0.05, 0.1) is 0 Å². The average Bonchev–Trinajstić information content (AvgIpc) is 2.31. The maximum Gasteiger partial charge on any atom is 0.270 e. The van der Waals surface area contributed by atoms with Gasteiger partial charge in [-0.05, 0) is 44.5 Å². The summed E-state index contributed by atoms with van der Waals surface area (Å²) < 4.78 is 0. The van der Waals surface area contributed by atoms with Gasteiger partial charge in [-0.3, -0.25) is 9.78 Å². The fraction of sp³-hybridized carbons (Fsp3) is 0.500. The summed E-state index contributed by atoms with van der Waals surface area (Å²) in [5.41, 5.74) is 1.47. The van der Waals surface area contributed by atoms with Crippen LogP contribution in [-0.4, -0.2) is 30.0 Å². The van der Waals surface area contributed by atoms with Crippen LogP contribution in [0.15, 0.2) is 18.3 Å². The van der Waals surface area contributed by atoms with E-state index in [-0.39, 0.29) is 11.9 Å². The van der Waals surface area contributed by atoms with E-state index >= 15 is 0 Å². The molecule has 1 amide bonds. The van der Waals surface area contributed by atoms with E-state index in [0.717, 1.165) is 31.5 Å². The minimum Gasteiger partial charge on any atom is -0.348 e. The smallest absolute Gasteiger partial charge is 0.270 e. The monoisotopic (exact) mass is 219 g/mol. The highest BCUT2D eigenvalue weighted by molar-refractivity contribution is 5.93. The van der Waals surface area contributed by atoms with Crippen LogP contribution in [0.3, 0.4) is 0 Å². The predicted molar refractivity (Wildman–Crippen MR) is 62.3 cm³/mol. The van der Waals surface area contributed by atoms with Crippen molar-refractivity contribution >= 4 is 5.91 Å². The minimum absolute atomic E-state index is 0.0509. The second-order valence-corrected chi connectivity index (χ2v) is 4.17. The first-order valence-corrected chi connectivity index (χ1v) is 5.70. The van der Waals surface area contributed by atoms with Crippen molar-refractivity contribution in [3.8, 4) is 0 Å². The number of hydrogen-bond donors (Lipinski definition) is 2. The van der Waals surface area contributed by atoms with E-state index in [2.05, 4.69) is 15.6 Å². The molecule has 1 aliphatic heterocycles. The molecule has 0 unspecified atom stereocenters. The number of nitrogens with zero attached hydrogens (tertiary/aromatic N) is 1. The highest BCUT2D eigenvalue weighted by atomic mass is 16.1. The molecule has 2 heterocycles. The highest BCUT2D eigenvalue weighted by Crippen LogP contribution is 2.06. The van der Waals surface area contributed by atoms with Crippen molar-refractivity contribution in [2.45, 2.75) is 25.8 Å². The SMILES string of the molecule is Cc1cccnc1C(=O)NC1CCNCC1. The van der Waals surface area contributed by atoms with Gasteiger partial charge in [-0.2, -0.15) is 0 Å². The Labute approximate surface area is 95.5 Å². The molecule has 0 aromatic carbocycles. The topological polar surface area (TPSA) is 54.0 Å². The zero-order valence-corrected chi connectivity index (χ0v) is 9.49. The Balaban J connectivity index is 2.00. The molecule has 0 spiro atoms. The summed E-state index contributed by atoms with van der Waals surface area (Å²) in [5.74, 6) is -0.0509.